The minimum absolute atomic E-state index is 0.371. The van der Waals surface area contributed by atoms with E-state index in [1.165, 1.54) is 11.6 Å². The first-order valence-corrected chi connectivity index (χ1v) is 8.97. The molecule has 0 bridgehead atoms. The number of aryl methyl sites for hydroxylation is 1. The highest BCUT2D eigenvalue weighted by atomic mass is 35.5. The van der Waals surface area contributed by atoms with Gasteiger partial charge in [0, 0.05) is 36.6 Å². The van der Waals surface area contributed by atoms with E-state index in [1.54, 1.807) is 31.4 Å². The number of hydrogen-bond acceptors (Lipinski definition) is 2. The molecule has 4 rings (SSSR count). The highest BCUT2D eigenvalue weighted by molar-refractivity contribution is 6.36. The fraction of sp³-hybridized carbons (Fsp3) is 0.100. The van der Waals surface area contributed by atoms with Gasteiger partial charge in [0.25, 0.3) is 5.56 Å². The van der Waals surface area contributed by atoms with Crippen LogP contribution in [0.25, 0.3) is 27.8 Å². The first-order chi connectivity index (χ1) is 12.9. The van der Waals surface area contributed by atoms with Crippen molar-refractivity contribution < 1.29 is 0 Å². The molecule has 136 valence electrons. The number of benzene rings is 2. The Morgan fingerprint density at radius 3 is 2.26 bits per heavy atom. The van der Waals surface area contributed by atoms with Crippen LogP contribution in [0, 0.1) is 0 Å². The highest BCUT2D eigenvalue weighted by Crippen LogP contribution is 2.36. The van der Waals surface area contributed by atoms with Crippen molar-refractivity contribution in [2.75, 3.05) is 0 Å². The van der Waals surface area contributed by atoms with Crippen molar-refractivity contribution in [3.05, 3.63) is 85.6 Å². The van der Waals surface area contributed by atoms with Crippen LogP contribution in [-0.2, 0) is 14.1 Å². The average Bonchev–Trinajstić information content (AvgIpc) is 3.06. The molecule has 0 saturated heterocycles. The molecule has 0 atom stereocenters. The number of hydrogen-bond donors (Lipinski definition) is 0. The number of fused-ring (bicyclic) bond motifs is 1. The number of halogens is 2. The van der Waals surface area contributed by atoms with Gasteiger partial charge in [0.2, 0.25) is 0 Å². The van der Waals surface area contributed by atoms with E-state index < -0.39 is 0 Å². The number of nitrogens with zero attached hydrogens (tertiary/aromatic N) is 3. The summed E-state index contributed by atoms with van der Waals surface area (Å²) in [7, 11) is 3.11. The molecule has 0 aliphatic heterocycles. The first kappa shape index (κ1) is 17.6. The first-order valence-electron chi connectivity index (χ1n) is 8.22. The van der Waals surface area contributed by atoms with E-state index in [0.717, 1.165) is 10.3 Å². The molecule has 2 aromatic heterocycles. The summed E-state index contributed by atoms with van der Waals surface area (Å²) in [5, 5.41) is 1.36. The second kappa shape index (κ2) is 6.44. The monoisotopic (exact) mass is 399 g/mol. The van der Waals surface area contributed by atoms with E-state index in [-0.39, 0.29) is 11.2 Å². The summed E-state index contributed by atoms with van der Waals surface area (Å²) in [6, 6.07) is 14.7. The van der Waals surface area contributed by atoms with Crippen LogP contribution in [0.2, 0.25) is 10.0 Å². The summed E-state index contributed by atoms with van der Waals surface area (Å²) in [5.41, 5.74) is 1.91. The minimum atomic E-state index is -0.383. The van der Waals surface area contributed by atoms with Crippen LogP contribution in [-0.4, -0.2) is 13.7 Å². The molecule has 7 heteroatoms. The van der Waals surface area contributed by atoms with Crippen molar-refractivity contribution >= 4 is 34.1 Å². The van der Waals surface area contributed by atoms with E-state index in [9.17, 15) is 9.59 Å². The summed E-state index contributed by atoms with van der Waals surface area (Å²) >= 11 is 12.5. The van der Waals surface area contributed by atoms with E-state index in [2.05, 4.69) is 0 Å². The Morgan fingerprint density at radius 2 is 1.59 bits per heavy atom. The van der Waals surface area contributed by atoms with E-state index in [1.807, 2.05) is 34.9 Å². The topological polar surface area (TPSA) is 48.9 Å². The van der Waals surface area contributed by atoms with Crippen molar-refractivity contribution in [1.82, 2.24) is 13.7 Å². The Bertz CT molecular complexity index is 1300. The third kappa shape index (κ3) is 2.71. The standard InChI is InChI=1S/C20H15Cl2N3O2/c1-23-16-11-25(13-6-4-3-5-7-13)18(14-9-8-12(21)10-15(14)22)17(16)19(26)24(2)20(23)27/h3-11H,1-2H3. The molecular formula is C20H15Cl2N3O2. The summed E-state index contributed by atoms with van der Waals surface area (Å²) < 4.78 is 4.44. The summed E-state index contributed by atoms with van der Waals surface area (Å²) in [4.78, 5) is 25.4. The molecule has 0 amide bonds. The quantitative estimate of drug-likeness (QED) is 0.511. The van der Waals surface area contributed by atoms with Gasteiger partial charge in [0.1, 0.15) is 0 Å². The Balaban J connectivity index is 2.24. The zero-order valence-corrected chi connectivity index (χ0v) is 16.1. The third-order valence-corrected chi connectivity index (χ3v) is 5.21. The number of rotatable bonds is 2. The molecule has 2 aromatic carbocycles. The van der Waals surface area contributed by atoms with E-state index in [4.69, 9.17) is 23.2 Å². The van der Waals surface area contributed by atoms with Crippen molar-refractivity contribution in [3.8, 4) is 16.9 Å². The van der Waals surface area contributed by atoms with Gasteiger partial charge in [0.15, 0.2) is 0 Å². The average molecular weight is 400 g/mol. The predicted octanol–water partition coefficient (Wildman–Crippen LogP) is 4.00. The maximum Gasteiger partial charge on any atom is 0.330 e. The van der Waals surface area contributed by atoms with Gasteiger partial charge in [-0.1, -0.05) is 41.4 Å². The van der Waals surface area contributed by atoms with Gasteiger partial charge in [-0.05, 0) is 30.3 Å². The maximum atomic E-state index is 13.0. The van der Waals surface area contributed by atoms with Gasteiger partial charge in [-0.15, -0.1) is 0 Å². The fourth-order valence-corrected chi connectivity index (χ4v) is 3.78. The lowest BCUT2D eigenvalue weighted by Gasteiger charge is -2.11. The van der Waals surface area contributed by atoms with Gasteiger partial charge in [-0.2, -0.15) is 0 Å². The maximum absolute atomic E-state index is 13.0. The molecule has 0 aliphatic rings. The molecule has 27 heavy (non-hydrogen) atoms. The molecule has 0 saturated carbocycles. The van der Waals surface area contributed by atoms with Crippen LogP contribution in [0.1, 0.15) is 0 Å². The molecule has 2 heterocycles. The lowest BCUT2D eigenvalue weighted by molar-refractivity contribution is 0.714. The predicted molar refractivity (Wildman–Crippen MR) is 109 cm³/mol. The lowest BCUT2D eigenvalue weighted by atomic mass is 10.1. The minimum Gasteiger partial charge on any atom is -0.314 e. The summed E-state index contributed by atoms with van der Waals surface area (Å²) in [6.45, 7) is 0. The SMILES string of the molecule is Cn1c(=O)c2c(-c3ccc(Cl)cc3Cl)n(-c3ccccc3)cc2n(C)c1=O. The van der Waals surface area contributed by atoms with E-state index in [0.29, 0.717) is 32.2 Å². The molecule has 0 spiro atoms. The van der Waals surface area contributed by atoms with Gasteiger partial charge in [-0.25, -0.2) is 4.79 Å². The van der Waals surface area contributed by atoms with Crippen LogP contribution in [0.4, 0.5) is 0 Å². The molecular weight excluding hydrogens is 385 g/mol. The van der Waals surface area contributed by atoms with Crippen molar-refractivity contribution in [2.45, 2.75) is 0 Å². The number of aromatic nitrogens is 3. The second-order valence-corrected chi connectivity index (χ2v) is 7.12. The Kier molecular flexibility index (Phi) is 4.21. The van der Waals surface area contributed by atoms with Gasteiger partial charge in [-0.3, -0.25) is 13.9 Å². The second-order valence-electron chi connectivity index (χ2n) is 6.27. The Labute approximate surface area is 164 Å². The van der Waals surface area contributed by atoms with Crippen LogP contribution < -0.4 is 11.2 Å². The zero-order valence-electron chi connectivity index (χ0n) is 14.6. The molecule has 0 fully saturated rings. The van der Waals surface area contributed by atoms with E-state index >= 15 is 0 Å². The molecule has 0 unspecified atom stereocenters. The Morgan fingerprint density at radius 1 is 0.889 bits per heavy atom. The van der Waals surface area contributed by atoms with Gasteiger partial charge in [0.05, 0.1) is 21.6 Å². The Hall–Kier alpha value is -2.76. The van der Waals surface area contributed by atoms with Crippen molar-refractivity contribution in [3.63, 3.8) is 0 Å². The van der Waals surface area contributed by atoms with Gasteiger partial charge < -0.3 is 4.57 Å². The fourth-order valence-electron chi connectivity index (χ4n) is 3.28. The molecule has 5 nitrogen and oxygen atoms in total. The van der Waals surface area contributed by atoms with Crippen LogP contribution in [0.15, 0.2) is 64.3 Å². The van der Waals surface area contributed by atoms with Crippen molar-refractivity contribution in [2.24, 2.45) is 14.1 Å². The number of para-hydroxylation sites is 1. The molecule has 4 aromatic rings. The molecule has 0 aliphatic carbocycles. The van der Waals surface area contributed by atoms with Crippen LogP contribution in [0.5, 0.6) is 0 Å². The molecule has 0 radical (unpaired) electrons. The normalized spacial score (nSPS) is 11.3. The zero-order chi connectivity index (χ0) is 19.3. The summed E-state index contributed by atoms with van der Waals surface area (Å²) in [6.07, 6.45) is 1.79. The largest absolute Gasteiger partial charge is 0.330 e. The van der Waals surface area contributed by atoms with Crippen LogP contribution >= 0.6 is 23.2 Å². The summed E-state index contributed by atoms with van der Waals surface area (Å²) in [5.74, 6) is 0. The highest BCUT2D eigenvalue weighted by Gasteiger charge is 2.21. The lowest BCUT2D eigenvalue weighted by Crippen LogP contribution is -2.36. The molecule has 0 N–H and O–H groups in total. The van der Waals surface area contributed by atoms with Crippen molar-refractivity contribution in [1.29, 1.82) is 0 Å². The van der Waals surface area contributed by atoms with Crippen LogP contribution in [0.3, 0.4) is 0 Å². The smallest absolute Gasteiger partial charge is 0.314 e. The third-order valence-electron chi connectivity index (χ3n) is 4.66. The van der Waals surface area contributed by atoms with Gasteiger partial charge >= 0.3 is 5.69 Å².